The second-order valence-electron chi connectivity index (χ2n) is 7.92. The molecule has 2 aromatic carbocycles. The summed E-state index contributed by atoms with van der Waals surface area (Å²) in [5.41, 5.74) is 3.60. The van der Waals surface area contributed by atoms with E-state index in [2.05, 4.69) is 54.0 Å². The third kappa shape index (κ3) is 6.08. The Hall–Kier alpha value is -1.82. The molecule has 0 fully saturated rings. The van der Waals surface area contributed by atoms with Crippen molar-refractivity contribution in [2.45, 2.75) is 38.1 Å². The molecule has 0 aromatic heterocycles. The number of rotatable bonds is 9. The van der Waals surface area contributed by atoms with E-state index in [1.165, 1.54) is 28.2 Å². The lowest BCUT2D eigenvalue weighted by molar-refractivity contribution is 0.217. The van der Waals surface area contributed by atoms with Gasteiger partial charge in [-0.05, 0) is 62.7 Å². The first-order chi connectivity index (χ1) is 14.0. The molecule has 0 aliphatic carbocycles. The van der Waals surface area contributed by atoms with Gasteiger partial charge in [-0.1, -0.05) is 30.3 Å². The van der Waals surface area contributed by atoms with E-state index >= 15 is 0 Å². The zero-order valence-corrected chi connectivity index (χ0v) is 18.3. The molecule has 1 atom stereocenters. The van der Waals surface area contributed by atoms with E-state index < -0.39 is 0 Å². The van der Waals surface area contributed by atoms with E-state index in [0.29, 0.717) is 17.8 Å². The monoisotopic (exact) mass is 414 g/mol. The standard InChI is InChI=1S/C24H31FN2OS/c1-18(2)27(22-10-8-21(25)9-11-22)17-23-12-13-24(29-23)20-6-4-19(5-7-20)16-26(3)14-15-28/h4-11,13,18,23,28H,12,14-17H2,1-3H3. The number of aliphatic hydroxyl groups is 1. The maximum Gasteiger partial charge on any atom is 0.123 e. The second-order valence-corrected chi connectivity index (χ2v) is 9.27. The predicted molar refractivity (Wildman–Crippen MR) is 123 cm³/mol. The Balaban J connectivity index is 1.59. The van der Waals surface area contributed by atoms with Gasteiger partial charge in [-0.25, -0.2) is 4.39 Å². The van der Waals surface area contributed by atoms with Crippen molar-refractivity contribution in [3.63, 3.8) is 0 Å². The van der Waals surface area contributed by atoms with Crippen molar-refractivity contribution in [3.8, 4) is 0 Å². The summed E-state index contributed by atoms with van der Waals surface area (Å²) in [6.07, 6.45) is 3.39. The van der Waals surface area contributed by atoms with E-state index in [4.69, 9.17) is 5.11 Å². The highest BCUT2D eigenvalue weighted by atomic mass is 32.2. The second kappa shape index (κ2) is 10.3. The van der Waals surface area contributed by atoms with Crippen LogP contribution >= 0.6 is 11.8 Å². The molecule has 0 radical (unpaired) electrons. The number of allylic oxidation sites excluding steroid dienone is 1. The topological polar surface area (TPSA) is 26.7 Å². The number of benzene rings is 2. The fourth-order valence-electron chi connectivity index (χ4n) is 3.61. The Bertz CT molecular complexity index is 805. The molecule has 1 N–H and O–H groups in total. The molecule has 0 bridgehead atoms. The van der Waals surface area contributed by atoms with Gasteiger partial charge in [-0.3, -0.25) is 4.90 Å². The smallest absolute Gasteiger partial charge is 0.123 e. The Morgan fingerprint density at radius 2 is 1.79 bits per heavy atom. The molecular formula is C24H31FN2OS. The molecule has 5 heteroatoms. The first-order valence-corrected chi connectivity index (χ1v) is 11.1. The van der Waals surface area contributed by atoms with Gasteiger partial charge in [-0.15, -0.1) is 11.8 Å². The molecule has 1 heterocycles. The summed E-state index contributed by atoms with van der Waals surface area (Å²) in [7, 11) is 2.02. The van der Waals surface area contributed by atoms with Crippen LogP contribution in [0.4, 0.5) is 10.1 Å². The number of hydrogen-bond donors (Lipinski definition) is 1. The van der Waals surface area contributed by atoms with E-state index in [9.17, 15) is 4.39 Å². The summed E-state index contributed by atoms with van der Waals surface area (Å²) in [5.74, 6) is -0.192. The zero-order valence-electron chi connectivity index (χ0n) is 17.5. The number of thioether (sulfide) groups is 1. The summed E-state index contributed by atoms with van der Waals surface area (Å²) in [5, 5.41) is 9.53. The zero-order chi connectivity index (χ0) is 20.8. The van der Waals surface area contributed by atoms with Crippen LogP contribution in [0.3, 0.4) is 0 Å². The van der Waals surface area contributed by atoms with Crippen LogP contribution in [0.2, 0.25) is 0 Å². The molecule has 1 aliphatic heterocycles. The number of halogens is 1. The summed E-state index contributed by atoms with van der Waals surface area (Å²) in [6.45, 7) is 7.03. The van der Waals surface area contributed by atoms with Gasteiger partial charge < -0.3 is 10.0 Å². The first-order valence-electron chi connectivity index (χ1n) is 10.2. The number of nitrogens with zero attached hydrogens (tertiary/aromatic N) is 2. The molecule has 29 heavy (non-hydrogen) atoms. The summed E-state index contributed by atoms with van der Waals surface area (Å²) >= 11 is 1.94. The van der Waals surface area contributed by atoms with Crippen LogP contribution in [0.15, 0.2) is 54.6 Å². The normalized spacial score (nSPS) is 16.5. The minimum absolute atomic E-state index is 0.185. The van der Waals surface area contributed by atoms with Crippen molar-refractivity contribution >= 4 is 22.4 Å². The van der Waals surface area contributed by atoms with Crippen LogP contribution in [0.1, 0.15) is 31.4 Å². The van der Waals surface area contributed by atoms with Gasteiger partial charge in [0.2, 0.25) is 0 Å². The third-order valence-electron chi connectivity index (χ3n) is 5.21. The molecule has 2 aromatic rings. The van der Waals surface area contributed by atoms with E-state index in [1.807, 2.05) is 30.9 Å². The van der Waals surface area contributed by atoms with Crippen LogP contribution in [-0.4, -0.2) is 48.0 Å². The van der Waals surface area contributed by atoms with E-state index in [-0.39, 0.29) is 12.4 Å². The van der Waals surface area contributed by atoms with Crippen molar-refractivity contribution in [2.24, 2.45) is 0 Å². The lowest BCUT2D eigenvalue weighted by Crippen LogP contribution is -2.36. The van der Waals surface area contributed by atoms with Crippen molar-refractivity contribution in [1.29, 1.82) is 0 Å². The van der Waals surface area contributed by atoms with Gasteiger partial charge in [0, 0.05) is 41.5 Å². The first kappa shape index (κ1) is 21.9. The summed E-state index contributed by atoms with van der Waals surface area (Å²) in [4.78, 5) is 5.81. The van der Waals surface area contributed by atoms with E-state index in [1.54, 1.807) is 0 Å². The highest BCUT2D eigenvalue weighted by Crippen LogP contribution is 2.40. The highest BCUT2D eigenvalue weighted by Gasteiger charge is 2.23. The lowest BCUT2D eigenvalue weighted by Gasteiger charge is -2.31. The molecule has 0 amide bonds. The largest absolute Gasteiger partial charge is 0.395 e. The summed E-state index contributed by atoms with van der Waals surface area (Å²) in [6, 6.07) is 15.9. The Morgan fingerprint density at radius 3 is 2.41 bits per heavy atom. The van der Waals surface area contributed by atoms with Gasteiger partial charge in [-0.2, -0.15) is 0 Å². The van der Waals surface area contributed by atoms with E-state index in [0.717, 1.165) is 25.2 Å². The van der Waals surface area contributed by atoms with Crippen molar-refractivity contribution < 1.29 is 9.50 Å². The fraction of sp³-hybridized carbons (Fsp3) is 0.417. The van der Waals surface area contributed by atoms with Crippen LogP contribution in [0.5, 0.6) is 0 Å². The minimum Gasteiger partial charge on any atom is -0.395 e. The van der Waals surface area contributed by atoms with Gasteiger partial charge in [0.05, 0.1) is 6.61 Å². The number of anilines is 1. The maximum absolute atomic E-state index is 13.3. The Labute approximate surface area is 178 Å². The number of likely N-dealkylation sites (N-methyl/N-ethyl adjacent to an activating group) is 1. The maximum atomic E-state index is 13.3. The summed E-state index contributed by atoms with van der Waals surface area (Å²) < 4.78 is 13.3. The van der Waals surface area contributed by atoms with Gasteiger partial charge in [0.25, 0.3) is 0 Å². The van der Waals surface area contributed by atoms with Crippen molar-refractivity contribution in [3.05, 3.63) is 71.6 Å². The fourth-order valence-corrected chi connectivity index (χ4v) is 4.87. The molecule has 1 aliphatic rings. The average Bonchev–Trinajstić information content (AvgIpc) is 3.16. The Kier molecular flexibility index (Phi) is 7.76. The molecule has 1 unspecified atom stereocenters. The van der Waals surface area contributed by atoms with Crippen LogP contribution in [-0.2, 0) is 6.54 Å². The molecule has 3 nitrogen and oxygen atoms in total. The van der Waals surface area contributed by atoms with Crippen LogP contribution < -0.4 is 4.90 Å². The molecular weight excluding hydrogens is 383 g/mol. The Morgan fingerprint density at radius 1 is 1.10 bits per heavy atom. The minimum atomic E-state index is -0.192. The number of hydrogen-bond acceptors (Lipinski definition) is 4. The van der Waals surface area contributed by atoms with Crippen molar-refractivity contribution in [2.75, 3.05) is 31.6 Å². The number of aliphatic hydroxyl groups excluding tert-OH is 1. The molecule has 0 saturated heterocycles. The highest BCUT2D eigenvalue weighted by molar-refractivity contribution is 8.09. The van der Waals surface area contributed by atoms with Crippen LogP contribution in [0.25, 0.3) is 4.91 Å². The van der Waals surface area contributed by atoms with Gasteiger partial charge in [0.1, 0.15) is 5.82 Å². The quantitative estimate of drug-likeness (QED) is 0.624. The molecule has 0 saturated carbocycles. The lowest BCUT2D eigenvalue weighted by atomic mass is 10.1. The SMILES string of the molecule is CC(C)N(CC1CC=C(c2ccc(CN(C)CCO)cc2)S1)c1ccc(F)cc1. The molecule has 156 valence electrons. The van der Waals surface area contributed by atoms with Gasteiger partial charge in [0.15, 0.2) is 0 Å². The molecule has 3 rings (SSSR count). The molecule has 0 spiro atoms. The van der Waals surface area contributed by atoms with Gasteiger partial charge >= 0.3 is 0 Å². The van der Waals surface area contributed by atoms with Crippen molar-refractivity contribution in [1.82, 2.24) is 4.90 Å². The van der Waals surface area contributed by atoms with Crippen LogP contribution in [0, 0.1) is 5.82 Å². The average molecular weight is 415 g/mol. The third-order valence-corrected chi connectivity index (χ3v) is 6.55. The predicted octanol–water partition coefficient (Wildman–Crippen LogP) is 5.01.